The lowest BCUT2D eigenvalue weighted by molar-refractivity contribution is -0.122. The Bertz CT molecular complexity index is 204. The van der Waals surface area contributed by atoms with E-state index in [4.69, 9.17) is 11.2 Å². The van der Waals surface area contributed by atoms with Crippen LogP contribution >= 0.6 is 0 Å². The maximum atomic E-state index is 11.2. The molecule has 1 amide bonds. The summed E-state index contributed by atoms with van der Waals surface area (Å²) in [6.07, 6.45) is 5.44. The lowest BCUT2D eigenvalue weighted by atomic mass is 10.2. The van der Waals surface area contributed by atoms with Gasteiger partial charge in [-0.2, -0.15) is 0 Å². The van der Waals surface area contributed by atoms with Crippen molar-refractivity contribution >= 4 is 5.91 Å². The molecule has 0 aromatic carbocycles. The van der Waals surface area contributed by atoms with E-state index in [0.29, 0.717) is 19.6 Å². The zero-order chi connectivity index (χ0) is 9.52. The van der Waals surface area contributed by atoms with Crippen LogP contribution in [0.4, 0.5) is 0 Å². The molecule has 0 saturated carbocycles. The quantitative estimate of drug-likeness (QED) is 0.557. The largest absolute Gasteiger partial charge is 0.378 e. The molecule has 1 heterocycles. The number of nitrogens with one attached hydrogen (secondary N) is 2. The summed E-state index contributed by atoms with van der Waals surface area (Å²) < 4.78 is 5.20. The molecule has 2 N–H and O–H groups in total. The summed E-state index contributed by atoms with van der Waals surface area (Å²) in [7, 11) is 0. The number of hydrogen-bond acceptors (Lipinski definition) is 3. The Balaban J connectivity index is 2.15. The molecule has 4 heteroatoms. The van der Waals surface area contributed by atoms with Crippen LogP contribution in [0.25, 0.3) is 0 Å². The van der Waals surface area contributed by atoms with Crippen LogP contribution in [0.3, 0.4) is 0 Å². The van der Waals surface area contributed by atoms with Gasteiger partial charge in [-0.1, -0.05) is 5.92 Å². The highest BCUT2D eigenvalue weighted by molar-refractivity contribution is 5.76. The van der Waals surface area contributed by atoms with Crippen LogP contribution in [0.5, 0.6) is 0 Å². The number of rotatable bonds is 3. The van der Waals surface area contributed by atoms with Crippen LogP contribution in [0.15, 0.2) is 0 Å². The number of terminal acetylenes is 1. The summed E-state index contributed by atoms with van der Waals surface area (Å²) in [6, 6.07) is 0.131. The van der Waals surface area contributed by atoms with E-state index in [1.165, 1.54) is 0 Å². The molecule has 1 unspecified atom stereocenters. The van der Waals surface area contributed by atoms with Crippen molar-refractivity contribution in [1.29, 1.82) is 0 Å². The fraction of sp³-hybridized carbons (Fsp3) is 0.667. The molecule has 0 aromatic rings. The summed E-state index contributed by atoms with van der Waals surface area (Å²) in [5.74, 6) is 2.33. The first kappa shape index (κ1) is 10.0. The molecule has 4 nitrogen and oxygen atoms in total. The molecule has 72 valence electrons. The Labute approximate surface area is 78.0 Å². The third kappa shape index (κ3) is 3.92. The van der Waals surface area contributed by atoms with Gasteiger partial charge in [0.2, 0.25) is 5.91 Å². The summed E-state index contributed by atoms with van der Waals surface area (Å²) in [5, 5.41) is 5.80. The Kier molecular flexibility index (Phi) is 4.30. The van der Waals surface area contributed by atoms with E-state index in [-0.39, 0.29) is 11.9 Å². The number of hydrogen-bond donors (Lipinski definition) is 2. The monoisotopic (exact) mass is 182 g/mol. The minimum Gasteiger partial charge on any atom is -0.378 e. The van der Waals surface area contributed by atoms with Crippen LogP contribution in [-0.4, -0.2) is 38.3 Å². The average molecular weight is 182 g/mol. The zero-order valence-electron chi connectivity index (χ0n) is 7.51. The first-order valence-corrected chi connectivity index (χ1v) is 4.34. The molecule has 13 heavy (non-hydrogen) atoms. The van der Waals surface area contributed by atoms with Crippen molar-refractivity contribution in [3.05, 3.63) is 0 Å². The van der Waals surface area contributed by atoms with E-state index in [0.717, 1.165) is 13.2 Å². The smallest absolute Gasteiger partial charge is 0.222 e. The van der Waals surface area contributed by atoms with Crippen LogP contribution in [-0.2, 0) is 9.53 Å². The van der Waals surface area contributed by atoms with Crippen LogP contribution in [0.2, 0.25) is 0 Å². The summed E-state index contributed by atoms with van der Waals surface area (Å²) in [6.45, 7) is 2.44. The molecule has 1 aliphatic heterocycles. The summed E-state index contributed by atoms with van der Waals surface area (Å²) in [4.78, 5) is 11.2. The van der Waals surface area contributed by atoms with Gasteiger partial charge >= 0.3 is 0 Å². The highest BCUT2D eigenvalue weighted by Gasteiger charge is 2.15. The molecule has 1 atom stereocenters. The van der Waals surface area contributed by atoms with E-state index in [2.05, 4.69) is 16.6 Å². The van der Waals surface area contributed by atoms with Crippen LogP contribution in [0, 0.1) is 12.3 Å². The van der Waals surface area contributed by atoms with Crippen LogP contribution < -0.4 is 10.6 Å². The van der Waals surface area contributed by atoms with E-state index in [9.17, 15) is 4.79 Å². The van der Waals surface area contributed by atoms with Gasteiger partial charge < -0.3 is 15.4 Å². The normalized spacial score (nSPS) is 21.9. The third-order valence-electron chi connectivity index (χ3n) is 1.82. The second-order valence-corrected chi connectivity index (χ2v) is 2.91. The van der Waals surface area contributed by atoms with Gasteiger partial charge in [-0.15, -0.1) is 6.42 Å². The lowest BCUT2D eigenvalue weighted by Gasteiger charge is -2.22. The van der Waals surface area contributed by atoms with Gasteiger partial charge in [0.05, 0.1) is 19.8 Å². The van der Waals surface area contributed by atoms with Gasteiger partial charge in [0.1, 0.15) is 0 Å². The molecule has 0 aromatic heterocycles. The third-order valence-corrected chi connectivity index (χ3v) is 1.82. The van der Waals surface area contributed by atoms with Crippen molar-refractivity contribution in [2.75, 3.05) is 26.3 Å². The fourth-order valence-corrected chi connectivity index (χ4v) is 1.20. The second kappa shape index (κ2) is 5.57. The van der Waals surface area contributed by atoms with E-state index in [1.807, 2.05) is 0 Å². The first-order valence-electron chi connectivity index (χ1n) is 4.34. The predicted molar refractivity (Wildman–Crippen MR) is 49.1 cm³/mol. The van der Waals surface area contributed by atoms with Gasteiger partial charge in [0, 0.05) is 19.0 Å². The second-order valence-electron chi connectivity index (χ2n) is 2.91. The molecular formula is C9H14N2O2. The minimum absolute atomic E-state index is 0.0269. The van der Waals surface area contributed by atoms with Crippen molar-refractivity contribution in [2.45, 2.75) is 12.5 Å². The molecule has 0 spiro atoms. The van der Waals surface area contributed by atoms with Gasteiger partial charge in [0.15, 0.2) is 0 Å². The van der Waals surface area contributed by atoms with E-state index in [1.54, 1.807) is 0 Å². The topological polar surface area (TPSA) is 50.4 Å². The van der Waals surface area contributed by atoms with Crippen molar-refractivity contribution in [3.8, 4) is 12.3 Å². The van der Waals surface area contributed by atoms with Gasteiger partial charge in [-0.25, -0.2) is 0 Å². The number of carbonyl (C=O) groups is 1. The Morgan fingerprint density at radius 1 is 1.77 bits per heavy atom. The Morgan fingerprint density at radius 3 is 3.23 bits per heavy atom. The maximum absolute atomic E-state index is 11.2. The lowest BCUT2D eigenvalue weighted by Crippen LogP contribution is -2.44. The maximum Gasteiger partial charge on any atom is 0.222 e. The highest BCUT2D eigenvalue weighted by atomic mass is 16.5. The molecule has 0 bridgehead atoms. The SMILES string of the molecule is C#CCNC(=O)CC1COCCN1. The molecule has 1 fully saturated rings. The van der Waals surface area contributed by atoms with Crippen molar-refractivity contribution in [3.63, 3.8) is 0 Å². The van der Waals surface area contributed by atoms with Gasteiger partial charge in [0.25, 0.3) is 0 Å². The summed E-state index contributed by atoms with van der Waals surface area (Å²) >= 11 is 0. The predicted octanol–water partition coefficient (Wildman–Crippen LogP) is -0.886. The fourth-order valence-electron chi connectivity index (χ4n) is 1.20. The van der Waals surface area contributed by atoms with Crippen molar-refractivity contribution in [2.24, 2.45) is 0 Å². The van der Waals surface area contributed by atoms with E-state index >= 15 is 0 Å². The molecule has 1 saturated heterocycles. The highest BCUT2D eigenvalue weighted by Crippen LogP contribution is 1.97. The summed E-state index contributed by atoms with van der Waals surface area (Å²) in [5.41, 5.74) is 0. The van der Waals surface area contributed by atoms with E-state index < -0.39 is 0 Å². The van der Waals surface area contributed by atoms with Gasteiger partial charge in [-0.3, -0.25) is 4.79 Å². The number of morpholine rings is 1. The van der Waals surface area contributed by atoms with Crippen LogP contribution in [0.1, 0.15) is 6.42 Å². The van der Waals surface area contributed by atoms with Crippen molar-refractivity contribution < 1.29 is 9.53 Å². The molecular weight excluding hydrogens is 168 g/mol. The number of ether oxygens (including phenoxy) is 1. The number of amides is 1. The zero-order valence-corrected chi connectivity index (χ0v) is 7.51. The van der Waals surface area contributed by atoms with Gasteiger partial charge in [-0.05, 0) is 0 Å². The molecule has 1 aliphatic rings. The number of carbonyl (C=O) groups excluding carboxylic acids is 1. The first-order chi connectivity index (χ1) is 6.33. The Morgan fingerprint density at radius 2 is 2.62 bits per heavy atom. The molecule has 0 radical (unpaired) electrons. The standard InChI is InChI=1S/C9H14N2O2/c1-2-3-11-9(12)6-8-7-13-5-4-10-8/h1,8,10H,3-7H2,(H,11,12). The minimum atomic E-state index is -0.0269. The molecule has 1 rings (SSSR count). The average Bonchev–Trinajstić information content (AvgIpc) is 2.16. The Hall–Kier alpha value is -1.05. The molecule has 0 aliphatic carbocycles. The van der Waals surface area contributed by atoms with Crippen molar-refractivity contribution in [1.82, 2.24) is 10.6 Å².